The molecule has 2 atom stereocenters. The molecule has 27 heavy (non-hydrogen) atoms. The fourth-order valence-corrected chi connectivity index (χ4v) is 3.64. The Morgan fingerprint density at radius 3 is 2.22 bits per heavy atom. The Kier molecular flexibility index (Phi) is 8.13. The van der Waals surface area contributed by atoms with E-state index >= 15 is 0 Å². The average Bonchev–Trinajstić information content (AvgIpc) is 2.57. The molecule has 2 heterocycles. The predicted octanol–water partition coefficient (Wildman–Crippen LogP) is 3.04. The van der Waals surface area contributed by atoms with Gasteiger partial charge in [0, 0.05) is 10.8 Å². The van der Waals surface area contributed by atoms with Gasteiger partial charge < -0.3 is 18.9 Å². The molecular formula is C20H36BFO5. The molecule has 0 amide bonds. The second kappa shape index (κ2) is 9.70. The third-order valence-corrected chi connectivity index (χ3v) is 6.33. The monoisotopic (exact) mass is 386 g/mol. The van der Waals surface area contributed by atoms with Crippen LogP contribution in [0.15, 0.2) is 0 Å². The Bertz CT molecular complexity index is 438. The summed E-state index contributed by atoms with van der Waals surface area (Å²) in [6, 6.07) is 0. The summed E-state index contributed by atoms with van der Waals surface area (Å²) in [5.74, 6) is -0.363. The molecule has 0 radical (unpaired) electrons. The van der Waals surface area contributed by atoms with Gasteiger partial charge in [0.25, 0.3) is 0 Å². The van der Waals surface area contributed by atoms with Crippen molar-refractivity contribution < 1.29 is 28.1 Å². The highest BCUT2D eigenvalue weighted by molar-refractivity contribution is 6.36. The number of hydrogen-bond donors (Lipinski definition) is 0. The number of alkyl halides is 1. The average molecular weight is 386 g/mol. The second-order valence-corrected chi connectivity index (χ2v) is 8.98. The number of ether oxygens (including phenoxy) is 4. The minimum atomic E-state index is -1.16. The highest BCUT2D eigenvalue weighted by Gasteiger charge is 2.41. The van der Waals surface area contributed by atoms with Gasteiger partial charge in [0.05, 0.1) is 45.1 Å². The van der Waals surface area contributed by atoms with Crippen molar-refractivity contribution in [2.75, 3.05) is 46.2 Å². The van der Waals surface area contributed by atoms with E-state index in [0.29, 0.717) is 32.7 Å². The van der Waals surface area contributed by atoms with E-state index in [1.165, 1.54) is 6.92 Å². The van der Waals surface area contributed by atoms with Gasteiger partial charge in [0.2, 0.25) is 0 Å². The van der Waals surface area contributed by atoms with Crippen molar-refractivity contribution in [1.82, 2.24) is 0 Å². The van der Waals surface area contributed by atoms with Crippen LogP contribution in [0, 0.1) is 16.2 Å². The summed E-state index contributed by atoms with van der Waals surface area (Å²) < 4.78 is 35.0. The molecule has 0 spiro atoms. The normalized spacial score (nSPS) is 23.4. The molecule has 156 valence electrons. The number of carbonyl (C=O) groups is 1. The van der Waals surface area contributed by atoms with Gasteiger partial charge in [0.15, 0.2) is 0 Å². The zero-order valence-corrected chi connectivity index (χ0v) is 17.5. The first-order valence-corrected chi connectivity index (χ1v) is 10.3. The van der Waals surface area contributed by atoms with Gasteiger partial charge in [-0.15, -0.1) is 0 Å². The molecule has 0 bridgehead atoms. The van der Waals surface area contributed by atoms with Crippen LogP contribution in [0.25, 0.3) is 0 Å². The summed E-state index contributed by atoms with van der Waals surface area (Å²) in [5.41, 5.74) is -0.420. The van der Waals surface area contributed by atoms with E-state index in [1.807, 2.05) is 6.92 Å². The zero-order chi connectivity index (χ0) is 20.0. The van der Waals surface area contributed by atoms with Gasteiger partial charge in [-0.2, -0.15) is 0 Å². The molecular weight excluding hydrogens is 350 g/mol. The maximum Gasteiger partial charge on any atom is 0.313 e. The van der Waals surface area contributed by atoms with E-state index < -0.39 is 11.6 Å². The third-order valence-electron chi connectivity index (χ3n) is 6.33. The SMILES string of the molecule is CCC1(CBCC(C)(COCC2(CC)COC2)C(=O)OCC(C)F)COC1. The van der Waals surface area contributed by atoms with Crippen molar-refractivity contribution in [3.63, 3.8) is 0 Å². The number of halogens is 1. The van der Waals surface area contributed by atoms with Crippen LogP contribution < -0.4 is 0 Å². The molecule has 2 unspecified atom stereocenters. The topological polar surface area (TPSA) is 54.0 Å². The first-order chi connectivity index (χ1) is 12.8. The molecule has 2 saturated heterocycles. The summed E-state index contributed by atoms with van der Waals surface area (Å²) in [5, 5.41) is 0. The van der Waals surface area contributed by atoms with Crippen molar-refractivity contribution >= 4 is 13.2 Å². The van der Waals surface area contributed by atoms with Crippen LogP contribution in [0.4, 0.5) is 4.39 Å². The smallest absolute Gasteiger partial charge is 0.313 e. The van der Waals surface area contributed by atoms with Gasteiger partial charge >= 0.3 is 5.97 Å². The Morgan fingerprint density at radius 2 is 1.78 bits per heavy atom. The second-order valence-electron chi connectivity index (χ2n) is 8.98. The van der Waals surface area contributed by atoms with Gasteiger partial charge in [0.1, 0.15) is 20.1 Å². The van der Waals surface area contributed by atoms with Crippen LogP contribution in [0.2, 0.25) is 12.6 Å². The lowest BCUT2D eigenvalue weighted by atomic mass is 9.54. The molecule has 0 aromatic carbocycles. The lowest BCUT2D eigenvalue weighted by Gasteiger charge is -2.42. The summed E-state index contributed by atoms with van der Waals surface area (Å²) >= 11 is 0. The Morgan fingerprint density at radius 1 is 1.19 bits per heavy atom. The van der Waals surface area contributed by atoms with Crippen LogP contribution in [-0.2, 0) is 23.7 Å². The van der Waals surface area contributed by atoms with Gasteiger partial charge in [-0.1, -0.05) is 26.5 Å². The van der Waals surface area contributed by atoms with Crippen LogP contribution >= 0.6 is 0 Å². The number of hydrogen-bond acceptors (Lipinski definition) is 5. The van der Waals surface area contributed by atoms with E-state index in [0.717, 1.165) is 39.7 Å². The quantitative estimate of drug-likeness (QED) is 0.360. The third kappa shape index (κ3) is 5.91. The number of rotatable bonds is 13. The van der Waals surface area contributed by atoms with Crippen molar-refractivity contribution in [3.8, 4) is 0 Å². The number of esters is 1. The predicted molar refractivity (Wildman–Crippen MR) is 104 cm³/mol. The van der Waals surface area contributed by atoms with Crippen LogP contribution in [-0.4, -0.2) is 65.7 Å². The Balaban J connectivity index is 1.89. The number of carbonyl (C=O) groups excluding carboxylic acids is 1. The standard InChI is InChI=1S/C20H36BFO5/c1-5-19(11-25-12-19)9-21-8-18(4,17(23)27-7-16(3)22)10-24-13-20(6-2)14-26-15-20/h16,21H,5-15H2,1-4H3. The Hall–Kier alpha value is -0.655. The first-order valence-electron chi connectivity index (χ1n) is 10.3. The van der Waals surface area contributed by atoms with Crippen molar-refractivity contribution in [3.05, 3.63) is 0 Å². The summed E-state index contributed by atoms with van der Waals surface area (Å²) in [6.45, 7) is 11.3. The molecule has 2 aliphatic rings. The van der Waals surface area contributed by atoms with Crippen LogP contribution in [0.3, 0.4) is 0 Å². The lowest BCUT2D eigenvalue weighted by molar-refractivity contribution is -0.170. The summed E-state index contributed by atoms with van der Waals surface area (Å²) in [7, 11) is 0.902. The molecule has 0 N–H and O–H groups in total. The van der Waals surface area contributed by atoms with Gasteiger partial charge in [-0.05, 0) is 26.7 Å². The van der Waals surface area contributed by atoms with Crippen molar-refractivity contribution in [2.45, 2.75) is 59.3 Å². The Labute approximate surface area is 163 Å². The maximum absolute atomic E-state index is 13.1. The molecule has 2 rings (SSSR count). The molecule has 0 aromatic heterocycles. The van der Waals surface area contributed by atoms with E-state index in [4.69, 9.17) is 18.9 Å². The summed E-state index contributed by atoms with van der Waals surface area (Å²) in [6.07, 6.45) is 2.61. The molecule has 0 aromatic rings. The van der Waals surface area contributed by atoms with E-state index in [2.05, 4.69) is 13.8 Å². The highest BCUT2D eigenvalue weighted by Crippen LogP contribution is 2.37. The molecule has 0 aliphatic carbocycles. The summed E-state index contributed by atoms with van der Waals surface area (Å²) in [4.78, 5) is 12.7. The fourth-order valence-electron chi connectivity index (χ4n) is 3.64. The van der Waals surface area contributed by atoms with Crippen molar-refractivity contribution in [2.24, 2.45) is 16.2 Å². The van der Waals surface area contributed by atoms with Gasteiger partial charge in [-0.3, -0.25) is 4.79 Å². The van der Waals surface area contributed by atoms with E-state index in [9.17, 15) is 9.18 Å². The largest absolute Gasteiger partial charge is 0.462 e. The van der Waals surface area contributed by atoms with Gasteiger partial charge in [-0.25, -0.2) is 4.39 Å². The molecule has 2 fully saturated rings. The van der Waals surface area contributed by atoms with Crippen molar-refractivity contribution in [1.29, 1.82) is 0 Å². The van der Waals surface area contributed by atoms with E-state index in [1.54, 1.807) is 0 Å². The maximum atomic E-state index is 13.1. The van der Waals surface area contributed by atoms with Crippen LogP contribution in [0.1, 0.15) is 40.5 Å². The fraction of sp³-hybridized carbons (Fsp3) is 0.950. The molecule has 2 aliphatic heterocycles. The van der Waals surface area contributed by atoms with Crippen LogP contribution in [0.5, 0.6) is 0 Å². The minimum Gasteiger partial charge on any atom is -0.462 e. The highest BCUT2D eigenvalue weighted by atomic mass is 19.1. The molecule has 5 nitrogen and oxygen atoms in total. The zero-order valence-electron chi connectivity index (χ0n) is 17.5. The first kappa shape index (κ1) is 22.6. The minimum absolute atomic E-state index is 0.0772. The van der Waals surface area contributed by atoms with E-state index in [-0.39, 0.29) is 23.4 Å². The molecule has 7 heteroatoms. The molecule has 0 saturated carbocycles. The lowest BCUT2D eigenvalue weighted by Crippen LogP contribution is -2.47.